The van der Waals surface area contributed by atoms with Gasteiger partial charge in [-0.25, -0.2) is 17.9 Å². The van der Waals surface area contributed by atoms with Gasteiger partial charge in [0.1, 0.15) is 0 Å². The lowest BCUT2D eigenvalue weighted by atomic mass is 10.1. The second-order valence-electron chi connectivity index (χ2n) is 3.96. The summed E-state index contributed by atoms with van der Waals surface area (Å²) in [5, 5.41) is 8.95. The molecule has 6 nitrogen and oxygen atoms in total. The highest BCUT2D eigenvalue weighted by Gasteiger charge is 2.17. The largest absolute Gasteiger partial charge is 0.478 e. The molecule has 1 aromatic carbocycles. The smallest absolute Gasteiger partial charge is 0.335 e. The van der Waals surface area contributed by atoms with E-state index in [-0.39, 0.29) is 22.8 Å². The van der Waals surface area contributed by atoms with Crippen LogP contribution in [-0.2, 0) is 20.8 Å². The minimum absolute atomic E-state index is 0.0434. The molecule has 0 fully saturated rings. The monoisotopic (exact) mass is 305 g/mol. The molecule has 0 heterocycles. The molecule has 8 heteroatoms. The second-order valence-corrected chi connectivity index (χ2v) is 7.28. The van der Waals surface area contributed by atoms with E-state index >= 15 is 0 Å². The van der Waals surface area contributed by atoms with Gasteiger partial charge in [-0.2, -0.15) is 0 Å². The molecule has 0 aromatic heterocycles. The van der Waals surface area contributed by atoms with E-state index in [4.69, 9.17) is 5.11 Å². The number of carboxylic acid groups (broad SMARTS) is 1. The van der Waals surface area contributed by atoms with E-state index in [0.717, 1.165) is 6.07 Å². The number of rotatable bonds is 6. The van der Waals surface area contributed by atoms with Crippen molar-refractivity contribution in [3.63, 3.8) is 0 Å². The minimum Gasteiger partial charge on any atom is -0.478 e. The molecule has 0 aliphatic carbocycles. The first-order chi connectivity index (χ1) is 8.74. The Balaban J connectivity index is 2.99. The fraction of sp³-hybridized carbons (Fsp3) is 0.364. The zero-order valence-corrected chi connectivity index (χ0v) is 12.2. The van der Waals surface area contributed by atoms with Crippen LogP contribution in [-0.4, -0.2) is 42.3 Å². The Morgan fingerprint density at radius 3 is 2.58 bits per heavy atom. The molecule has 0 aliphatic rings. The van der Waals surface area contributed by atoms with Crippen molar-refractivity contribution in [1.82, 2.24) is 4.72 Å². The number of benzene rings is 1. The highest BCUT2D eigenvalue weighted by Crippen LogP contribution is 2.15. The Morgan fingerprint density at radius 2 is 2.05 bits per heavy atom. The number of aryl methyl sites for hydroxylation is 1. The Bertz CT molecular complexity index is 610. The quantitative estimate of drug-likeness (QED) is 0.790. The molecule has 2 N–H and O–H groups in total. The first-order valence-electron chi connectivity index (χ1n) is 5.37. The van der Waals surface area contributed by atoms with Crippen LogP contribution >= 0.6 is 0 Å². The van der Waals surface area contributed by atoms with Gasteiger partial charge in [0.15, 0.2) is 0 Å². The number of aromatic carboxylic acids is 1. The third kappa shape index (κ3) is 4.41. The zero-order valence-electron chi connectivity index (χ0n) is 10.5. The molecule has 0 saturated carbocycles. The van der Waals surface area contributed by atoms with E-state index in [2.05, 4.69) is 4.72 Å². The summed E-state index contributed by atoms with van der Waals surface area (Å²) in [6.07, 6.45) is 1.47. The molecule has 106 valence electrons. The van der Waals surface area contributed by atoms with E-state index in [1.165, 1.54) is 18.4 Å². The summed E-state index contributed by atoms with van der Waals surface area (Å²) in [5.74, 6) is -0.971. The molecular weight excluding hydrogens is 290 g/mol. The van der Waals surface area contributed by atoms with E-state index in [1.54, 1.807) is 6.92 Å². The van der Waals surface area contributed by atoms with E-state index in [1.807, 2.05) is 0 Å². The average Bonchev–Trinajstić information content (AvgIpc) is 2.27. The highest BCUT2D eigenvalue weighted by atomic mass is 32.2. The molecule has 1 atom stereocenters. The topological polar surface area (TPSA) is 101 Å². The molecular formula is C11H15NO5S2. The van der Waals surface area contributed by atoms with Crippen molar-refractivity contribution in [2.45, 2.75) is 11.8 Å². The van der Waals surface area contributed by atoms with Crippen molar-refractivity contribution < 1.29 is 22.5 Å². The number of sulfonamides is 1. The average molecular weight is 305 g/mol. The van der Waals surface area contributed by atoms with Crippen molar-refractivity contribution in [3.05, 3.63) is 29.3 Å². The first kappa shape index (κ1) is 15.8. The summed E-state index contributed by atoms with van der Waals surface area (Å²) in [4.78, 5) is 10.8. The predicted molar refractivity (Wildman–Crippen MR) is 72.3 cm³/mol. The van der Waals surface area contributed by atoms with Crippen molar-refractivity contribution in [1.29, 1.82) is 0 Å². The highest BCUT2D eigenvalue weighted by molar-refractivity contribution is 7.89. The van der Waals surface area contributed by atoms with Crippen LogP contribution in [0.1, 0.15) is 15.9 Å². The van der Waals surface area contributed by atoms with Gasteiger partial charge in [0, 0.05) is 29.4 Å². The van der Waals surface area contributed by atoms with Gasteiger partial charge in [-0.15, -0.1) is 0 Å². The normalized spacial score (nSPS) is 13.2. The molecule has 0 radical (unpaired) electrons. The zero-order chi connectivity index (χ0) is 14.6. The fourth-order valence-corrected chi connectivity index (χ4v) is 2.98. The van der Waals surface area contributed by atoms with Crippen LogP contribution < -0.4 is 4.72 Å². The standard InChI is InChI=1S/C11H15NO5S2/c1-8-3-4-9(7-10(8)11(13)14)19(16,17)12-5-6-18(2)15/h3-4,7,12H,5-6H2,1-2H3,(H,13,14). The van der Waals surface area contributed by atoms with Crippen molar-refractivity contribution in [2.24, 2.45) is 0 Å². The maximum atomic E-state index is 11.9. The summed E-state index contributed by atoms with van der Waals surface area (Å²) < 4.78 is 36.9. The van der Waals surface area contributed by atoms with Crippen LogP contribution in [0.25, 0.3) is 0 Å². The third-order valence-electron chi connectivity index (χ3n) is 2.43. The molecule has 0 aliphatic heterocycles. The van der Waals surface area contributed by atoms with Gasteiger partial charge in [-0.1, -0.05) is 6.07 Å². The maximum Gasteiger partial charge on any atom is 0.335 e. The first-order valence-corrected chi connectivity index (χ1v) is 8.58. The van der Waals surface area contributed by atoms with Crippen molar-refractivity contribution in [3.8, 4) is 0 Å². The van der Waals surface area contributed by atoms with Gasteiger partial charge < -0.3 is 5.11 Å². The molecule has 0 spiro atoms. The van der Waals surface area contributed by atoms with Gasteiger partial charge >= 0.3 is 5.97 Å². The summed E-state index contributed by atoms with van der Waals surface area (Å²) >= 11 is 0. The van der Waals surface area contributed by atoms with Crippen LogP contribution in [0.5, 0.6) is 0 Å². The Morgan fingerprint density at radius 1 is 1.42 bits per heavy atom. The molecule has 0 bridgehead atoms. The summed E-state index contributed by atoms with van der Waals surface area (Å²) in [6, 6.07) is 3.89. The Hall–Kier alpha value is -1.25. The van der Waals surface area contributed by atoms with Gasteiger partial charge in [0.25, 0.3) is 0 Å². The molecule has 1 aromatic rings. The van der Waals surface area contributed by atoms with Crippen molar-refractivity contribution in [2.75, 3.05) is 18.6 Å². The summed E-state index contributed by atoms with van der Waals surface area (Å²) in [6.45, 7) is 1.63. The van der Waals surface area contributed by atoms with Crippen LogP contribution in [0.3, 0.4) is 0 Å². The SMILES string of the molecule is Cc1ccc(S(=O)(=O)NCCS(C)=O)cc1C(=O)O. The second kappa shape index (κ2) is 6.27. The van der Waals surface area contributed by atoms with Gasteiger partial charge in [-0.3, -0.25) is 4.21 Å². The Labute approximate surface area is 114 Å². The number of hydrogen-bond donors (Lipinski definition) is 2. The number of hydrogen-bond acceptors (Lipinski definition) is 4. The number of carbonyl (C=O) groups is 1. The maximum absolute atomic E-state index is 11.9. The Kier molecular flexibility index (Phi) is 5.21. The third-order valence-corrected chi connectivity index (χ3v) is 4.67. The van der Waals surface area contributed by atoms with Crippen LogP contribution in [0.2, 0.25) is 0 Å². The molecule has 0 saturated heterocycles. The summed E-state index contributed by atoms with van der Waals surface area (Å²) in [5.41, 5.74) is 0.433. The lowest BCUT2D eigenvalue weighted by Gasteiger charge is -2.08. The number of nitrogens with one attached hydrogen (secondary N) is 1. The predicted octanol–water partition coefficient (Wildman–Crippen LogP) is 0.350. The van der Waals surface area contributed by atoms with Crippen LogP contribution in [0.15, 0.2) is 23.1 Å². The van der Waals surface area contributed by atoms with E-state index < -0.39 is 26.8 Å². The minimum atomic E-state index is -3.78. The lowest BCUT2D eigenvalue weighted by Crippen LogP contribution is -2.28. The lowest BCUT2D eigenvalue weighted by molar-refractivity contribution is 0.0696. The fourth-order valence-electron chi connectivity index (χ4n) is 1.40. The van der Waals surface area contributed by atoms with Crippen molar-refractivity contribution >= 4 is 26.8 Å². The van der Waals surface area contributed by atoms with Gasteiger partial charge in [-0.05, 0) is 24.6 Å². The number of carboxylic acids is 1. The van der Waals surface area contributed by atoms with E-state index in [0.29, 0.717) is 5.56 Å². The van der Waals surface area contributed by atoms with Crippen LogP contribution in [0.4, 0.5) is 0 Å². The van der Waals surface area contributed by atoms with Gasteiger partial charge in [0.2, 0.25) is 10.0 Å². The van der Waals surface area contributed by atoms with E-state index in [9.17, 15) is 17.4 Å². The molecule has 19 heavy (non-hydrogen) atoms. The van der Waals surface area contributed by atoms with Crippen LogP contribution in [0, 0.1) is 6.92 Å². The molecule has 1 unspecified atom stereocenters. The molecule has 1 rings (SSSR count). The summed E-state index contributed by atoms with van der Waals surface area (Å²) in [7, 11) is -4.87. The van der Waals surface area contributed by atoms with Gasteiger partial charge in [0.05, 0.1) is 10.5 Å². The molecule has 0 amide bonds.